The molecule has 0 saturated heterocycles. The highest BCUT2D eigenvalue weighted by molar-refractivity contribution is 6.02. The van der Waals surface area contributed by atoms with Crippen molar-refractivity contribution in [1.82, 2.24) is 0 Å². The Bertz CT molecular complexity index is 724. The average molecular weight is 312 g/mol. The van der Waals surface area contributed by atoms with E-state index in [1.165, 1.54) is 30.3 Å². The van der Waals surface area contributed by atoms with E-state index in [0.717, 1.165) is 5.56 Å². The van der Waals surface area contributed by atoms with Crippen molar-refractivity contribution in [3.8, 4) is 5.75 Å². The van der Waals surface area contributed by atoms with Gasteiger partial charge in [-0.3, -0.25) is 14.9 Å². The number of hydrogen-bond acceptors (Lipinski definition) is 4. The van der Waals surface area contributed by atoms with Crippen LogP contribution in [0.4, 0.5) is 11.4 Å². The normalized spacial score (nSPS) is 10.5. The van der Waals surface area contributed by atoms with Crippen LogP contribution in [0.25, 0.3) is 6.08 Å². The highest BCUT2D eigenvalue weighted by Crippen LogP contribution is 2.19. The predicted molar refractivity (Wildman–Crippen MR) is 88.4 cm³/mol. The number of rotatable bonds is 6. The van der Waals surface area contributed by atoms with E-state index in [9.17, 15) is 14.9 Å². The number of carbonyl (C=O) groups excluding carboxylic acids is 1. The van der Waals surface area contributed by atoms with E-state index in [4.69, 9.17) is 4.74 Å². The summed E-state index contributed by atoms with van der Waals surface area (Å²) >= 11 is 0. The summed E-state index contributed by atoms with van der Waals surface area (Å²) < 4.78 is 5.48. The van der Waals surface area contributed by atoms with Gasteiger partial charge in [0.25, 0.3) is 5.69 Å². The molecule has 0 spiro atoms. The molecule has 0 atom stereocenters. The standard InChI is InChI=1S/C17H16N2O4/c1-2-23-16-6-4-3-5-13(16)7-12-17(20)18-14-8-10-15(11-9-14)19(21)22/h3-12H,2H2,1H3,(H,18,20)/b12-7+. The fraction of sp³-hybridized carbons (Fsp3) is 0.118. The van der Waals surface area contributed by atoms with Gasteiger partial charge in [-0.2, -0.15) is 0 Å². The molecule has 0 radical (unpaired) electrons. The molecule has 1 N–H and O–H groups in total. The van der Waals surface area contributed by atoms with Crippen LogP contribution in [0.2, 0.25) is 0 Å². The molecule has 0 fully saturated rings. The Hall–Kier alpha value is -3.15. The number of amides is 1. The Morgan fingerprint density at radius 2 is 1.91 bits per heavy atom. The first-order valence-electron chi connectivity index (χ1n) is 7.05. The van der Waals surface area contributed by atoms with E-state index in [1.807, 2.05) is 31.2 Å². The number of para-hydroxylation sites is 1. The minimum absolute atomic E-state index is 0.0239. The topological polar surface area (TPSA) is 81.5 Å². The first-order chi connectivity index (χ1) is 11.1. The van der Waals surface area contributed by atoms with Gasteiger partial charge in [-0.1, -0.05) is 18.2 Å². The van der Waals surface area contributed by atoms with Crippen LogP contribution in [-0.4, -0.2) is 17.4 Å². The molecule has 0 bridgehead atoms. The third kappa shape index (κ3) is 4.67. The lowest BCUT2D eigenvalue weighted by Gasteiger charge is -2.06. The van der Waals surface area contributed by atoms with Crippen molar-refractivity contribution >= 4 is 23.4 Å². The van der Waals surface area contributed by atoms with E-state index < -0.39 is 4.92 Å². The third-order valence-corrected chi connectivity index (χ3v) is 2.98. The summed E-state index contributed by atoms with van der Waals surface area (Å²) in [6, 6.07) is 13.0. The van der Waals surface area contributed by atoms with Gasteiger partial charge in [0.05, 0.1) is 11.5 Å². The van der Waals surface area contributed by atoms with E-state index in [0.29, 0.717) is 18.0 Å². The smallest absolute Gasteiger partial charge is 0.269 e. The maximum Gasteiger partial charge on any atom is 0.269 e. The summed E-state index contributed by atoms with van der Waals surface area (Å²) in [5.41, 5.74) is 1.26. The van der Waals surface area contributed by atoms with E-state index in [-0.39, 0.29) is 11.6 Å². The van der Waals surface area contributed by atoms with Gasteiger partial charge in [0.1, 0.15) is 5.75 Å². The van der Waals surface area contributed by atoms with Crippen molar-refractivity contribution in [2.75, 3.05) is 11.9 Å². The van der Waals surface area contributed by atoms with Crippen molar-refractivity contribution in [3.05, 3.63) is 70.3 Å². The average Bonchev–Trinajstić information content (AvgIpc) is 2.55. The van der Waals surface area contributed by atoms with E-state index in [1.54, 1.807) is 6.08 Å². The number of benzene rings is 2. The van der Waals surface area contributed by atoms with Crippen molar-refractivity contribution in [2.45, 2.75) is 6.92 Å². The number of nitrogens with zero attached hydrogens (tertiary/aromatic N) is 1. The Morgan fingerprint density at radius 1 is 1.22 bits per heavy atom. The van der Waals surface area contributed by atoms with Crippen LogP contribution in [0.15, 0.2) is 54.6 Å². The van der Waals surface area contributed by atoms with Crippen molar-refractivity contribution < 1.29 is 14.5 Å². The lowest BCUT2D eigenvalue weighted by atomic mass is 10.2. The van der Waals surface area contributed by atoms with Gasteiger partial charge < -0.3 is 10.1 Å². The van der Waals surface area contributed by atoms with Crippen LogP contribution in [0.1, 0.15) is 12.5 Å². The minimum atomic E-state index is -0.490. The molecule has 0 aliphatic carbocycles. The molecule has 0 aliphatic rings. The first kappa shape index (κ1) is 16.2. The second kappa shape index (κ2) is 7.74. The zero-order valence-electron chi connectivity index (χ0n) is 12.6. The van der Waals surface area contributed by atoms with Gasteiger partial charge in [-0.05, 0) is 31.2 Å². The zero-order valence-corrected chi connectivity index (χ0v) is 12.6. The lowest BCUT2D eigenvalue weighted by Crippen LogP contribution is -2.07. The molecule has 2 rings (SSSR count). The minimum Gasteiger partial charge on any atom is -0.493 e. The van der Waals surface area contributed by atoms with Crippen LogP contribution < -0.4 is 10.1 Å². The maximum absolute atomic E-state index is 11.9. The number of anilines is 1. The fourth-order valence-electron chi connectivity index (χ4n) is 1.92. The van der Waals surface area contributed by atoms with Gasteiger partial charge in [0.15, 0.2) is 0 Å². The van der Waals surface area contributed by atoms with Gasteiger partial charge >= 0.3 is 0 Å². The van der Waals surface area contributed by atoms with Gasteiger partial charge in [-0.15, -0.1) is 0 Å². The van der Waals surface area contributed by atoms with Crippen LogP contribution in [-0.2, 0) is 4.79 Å². The zero-order chi connectivity index (χ0) is 16.7. The van der Waals surface area contributed by atoms with Crippen LogP contribution >= 0.6 is 0 Å². The number of hydrogen-bond donors (Lipinski definition) is 1. The molecule has 0 saturated carbocycles. The van der Waals surface area contributed by atoms with Crippen molar-refractivity contribution in [3.63, 3.8) is 0 Å². The molecule has 2 aromatic carbocycles. The summed E-state index contributed by atoms with van der Waals surface area (Å²) in [7, 11) is 0. The highest BCUT2D eigenvalue weighted by Gasteiger charge is 2.05. The molecule has 0 aromatic heterocycles. The number of nitro benzene ring substituents is 1. The summed E-state index contributed by atoms with van der Waals surface area (Å²) in [6.45, 7) is 2.43. The van der Waals surface area contributed by atoms with Gasteiger partial charge in [-0.25, -0.2) is 0 Å². The Morgan fingerprint density at radius 3 is 2.57 bits per heavy atom. The predicted octanol–water partition coefficient (Wildman–Crippen LogP) is 3.65. The quantitative estimate of drug-likeness (QED) is 0.501. The second-order valence-corrected chi connectivity index (χ2v) is 4.60. The second-order valence-electron chi connectivity index (χ2n) is 4.60. The number of ether oxygens (including phenoxy) is 1. The van der Waals surface area contributed by atoms with Gasteiger partial charge in [0.2, 0.25) is 5.91 Å². The Labute approximate surface area is 133 Å². The Kier molecular flexibility index (Phi) is 5.46. The summed E-state index contributed by atoms with van der Waals surface area (Å²) in [5.74, 6) is 0.375. The largest absolute Gasteiger partial charge is 0.493 e. The molecular formula is C17H16N2O4. The molecule has 118 valence electrons. The summed E-state index contributed by atoms with van der Waals surface area (Å²) in [4.78, 5) is 22.0. The number of carbonyl (C=O) groups is 1. The molecule has 0 heterocycles. The van der Waals surface area contributed by atoms with Crippen LogP contribution in [0, 0.1) is 10.1 Å². The summed E-state index contributed by atoms with van der Waals surface area (Å²) in [6.07, 6.45) is 3.05. The monoisotopic (exact) mass is 312 g/mol. The van der Waals surface area contributed by atoms with Crippen LogP contribution in [0.3, 0.4) is 0 Å². The summed E-state index contributed by atoms with van der Waals surface area (Å²) in [5, 5.41) is 13.2. The molecule has 6 heteroatoms. The number of nitro groups is 1. The van der Waals surface area contributed by atoms with Gasteiger partial charge in [0, 0.05) is 29.5 Å². The number of non-ortho nitro benzene ring substituents is 1. The molecular weight excluding hydrogens is 296 g/mol. The SMILES string of the molecule is CCOc1ccccc1/C=C/C(=O)Nc1ccc([N+](=O)[O-])cc1. The first-order valence-corrected chi connectivity index (χ1v) is 7.05. The maximum atomic E-state index is 11.9. The van der Waals surface area contributed by atoms with Crippen LogP contribution in [0.5, 0.6) is 5.75 Å². The Balaban J connectivity index is 2.03. The fourth-order valence-corrected chi connectivity index (χ4v) is 1.92. The molecule has 0 aliphatic heterocycles. The number of nitrogens with one attached hydrogen (secondary N) is 1. The lowest BCUT2D eigenvalue weighted by molar-refractivity contribution is -0.384. The van der Waals surface area contributed by atoms with E-state index in [2.05, 4.69) is 5.32 Å². The molecule has 0 unspecified atom stereocenters. The molecule has 1 amide bonds. The van der Waals surface area contributed by atoms with Crippen molar-refractivity contribution in [2.24, 2.45) is 0 Å². The highest BCUT2D eigenvalue weighted by atomic mass is 16.6. The molecule has 2 aromatic rings. The molecule has 6 nitrogen and oxygen atoms in total. The third-order valence-electron chi connectivity index (χ3n) is 2.98. The van der Waals surface area contributed by atoms with Crippen molar-refractivity contribution in [1.29, 1.82) is 0 Å². The van der Waals surface area contributed by atoms with E-state index >= 15 is 0 Å². The molecule has 23 heavy (non-hydrogen) atoms.